The van der Waals surface area contributed by atoms with Gasteiger partial charge in [0, 0.05) is 56.7 Å². The number of fused-ring (bicyclic) bond motifs is 2. The van der Waals surface area contributed by atoms with Crippen molar-refractivity contribution in [3.63, 3.8) is 0 Å². The average molecular weight is 401 g/mol. The molecular formula is C23H23N5O2. The summed E-state index contributed by atoms with van der Waals surface area (Å²) in [5, 5.41) is 1.13. The van der Waals surface area contributed by atoms with Crippen LogP contribution in [0.5, 0.6) is 0 Å². The van der Waals surface area contributed by atoms with Crippen LogP contribution in [0.4, 0.5) is 0 Å². The van der Waals surface area contributed by atoms with Gasteiger partial charge in [-0.1, -0.05) is 24.3 Å². The maximum atomic E-state index is 13.2. The molecule has 2 aliphatic heterocycles. The number of pyridine rings is 2. The van der Waals surface area contributed by atoms with Crippen LogP contribution in [-0.2, 0) is 22.7 Å². The normalized spacial score (nSPS) is 19.9. The van der Waals surface area contributed by atoms with E-state index in [0.29, 0.717) is 19.6 Å². The minimum Gasteiger partial charge on any atom is -0.327 e. The van der Waals surface area contributed by atoms with Gasteiger partial charge in [-0.05, 0) is 29.3 Å². The van der Waals surface area contributed by atoms with Crippen LogP contribution >= 0.6 is 0 Å². The molecule has 0 saturated carbocycles. The standard InChI is InChI=1S/C23H23N5O2/c29-22-16-27(13-17-4-3-8-24-12-17)23(30)21-15-26(10-11-28(21)22)14-18-7-9-25-20-6-2-1-5-19(18)20/h1-9,12,21H,10-11,13-16H2. The van der Waals surface area contributed by atoms with Crippen LogP contribution in [0.2, 0.25) is 0 Å². The molecule has 1 atom stereocenters. The van der Waals surface area contributed by atoms with Crippen molar-refractivity contribution < 1.29 is 9.59 Å². The van der Waals surface area contributed by atoms with Gasteiger partial charge in [0.05, 0.1) is 5.52 Å². The van der Waals surface area contributed by atoms with Crippen molar-refractivity contribution in [3.05, 3.63) is 72.2 Å². The fraction of sp³-hybridized carbons (Fsp3) is 0.304. The Morgan fingerprint density at radius 3 is 2.73 bits per heavy atom. The molecule has 152 valence electrons. The third-order valence-electron chi connectivity index (χ3n) is 5.94. The lowest BCUT2D eigenvalue weighted by atomic mass is 10.0. The second kappa shape index (κ2) is 7.84. The van der Waals surface area contributed by atoms with E-state index in [0.717, 1.165) is 29.6 Å². The quantitative estimate of drug-likeness (QED) is 0.665. The minimum atomic E-state index is -0.426. The van der Waals surface area contributed by atoms with E-state index in [4.69, 9.17) is 0 Å². The van der Waals surface area contributed by atoms with Crippen LogP contribution in [0.25, 0.3) is 10.9 Å². The molecule has 7 nitrogen and oxygen atoms in total. The van der Waals surface area contributed by atoms with Gasteiger partial charge in [0.25, 0.3) is 0 Å². The number of aromatic nitrogens is 2. The summed E-state index contributed by atoms with van der Waals surface area (Å²) in [6.07, 6.45) is 5.28. The first kappa shape index (κ1) is 18.7. The molecule has 5 rings (SSSR count). The third-order valence-corrected chi connectivity index (χ3v) is 5.94. The van der Waals surface area contributed by atoms with Gasteiger partial charge in [0.2, 0.25) is 11.8 Å². The molecule has 0 N–H and O–H groups in total. The van der Waals surface area contributed by atoms with Gasteiger partial charge >= 0.3 is 0 Å². The predicted octanol–water partition coefficient (Wildman–Crippen LogP) is 1.68. The number of nitrogens with zero attached hydrogens (tertiary/aromatic N) is 5. The average Bonchev–Trinajstić information content (AvgIpc) is 2.78. The van der Waals surface area contributed by atoms with Crippen molar-refractivity contribution in [1.29, 1.82) is 0 Å². The van der Waals surface area contributed by atoms with Crippen LogP contribution in [0, 0.1) is 0 Å². The molecule has 7 heteroatoms. The highest BCUT2D eigenvalue weighted by atomic mass is 16.2. The van der Waals surface area contributed by atoms with E-state index in [2.05, 4.69) is 20.9 Å². The Hall–Kier alpha value is -3.32. The van der Waals surface area contributed by atoms with Crippen molar-refractivity contribution in [2.45, 2.75) is 19.1 Å². The molecule has 2 aromatic heterocycles. The van der Waals surface area contributed by atoms with Crippen LogP contribution in [-0.4, -0.2) is 68.7 Å². The summed E-state index contributed by atoms with van der Waals surface area (Å²) in [6.45, 7) is 3.17. The minimum absolute atomic E-state index is 0.0164. The van der Waals surface area contributed by atoms with E-state index in [-0.39, 0.29) is 18.4 Å². The van der Waals surface area contributed by atoms with Crippen molar-refractivity contribution in [2.24, 2.45) is 0 Å². The summed E-state index contributed by atoms with van der Waals surface area (Å²) >= 11 is 0. The zero-order valence-corrected chi connectivity index (χ0v) is 16.6. The monoisotopic (exact) mass is 401 g/mol. The number of rotatable bonds is 4. The van der Waals surface area contributed by atoms with Crippen LogP contribution in [0.1, 0.15) is 11.1 Å². The maximum Gasteiger partial charge on any atom is 0.247 e. The van der Waals surface area contributed by atoms with Crippen LogP contribution in [0.15, 0.2) is 61.1 Å². The molecule has 1 unspecified atom stereocenters. The second-order valence-electron chi connectivity index (χ2n) is 7.88. The number of benzene rings is 1. The summed E-state index contributed by atoms with van der Waals surface area (Å²) in [5.41, 5.74) is 3.10. The SMILES string of the molecule is O=C1C2CN(Cc3ccnc4ccccc34)CCN2C(=O)CN1Cc1cccnc1. The van der Waals surface area contributed by atoms with E-state index in [1.54, 1.807) is 22.2 Å². The zero-order valence-electron chi connectivity index (χ0n) is 16.6. The van der Waals surface area contributed by atoms with Crippen molar-refractivity contribution >= 4 is 22.7 Å². The lowest BCUT2D eigenvalue weighted by molar-refractivity contribution is -0.160. The van der Waals surface area contributed by atoms with Crippen molar-refractivity contribution in [2.75, 3.05) is 26.2 Å². The lowest BCUT2D eigenvalue weighted by Crippen LogP contribution is -2.66. The number of hydrogen-bond acceptors (Lipinski definition) is 5. The Morgan fingerprint density at radius 1 is 0.967 bits per heavy atom. The van der Waals surface area contributed by atoms with Gasteiger partial charge in [-0.25, -0.2) is 0 Å². The molecule has 30 heavy (non-hydrogen) atoms. The Labute approximate surface area is 174 Å². The van der Waals surface area contributed by atoms with E-state index in [1.165, 1.54) is 5.56 Å². The summed E-state index contributed by atoms with van der Waals surface area (Å²) in [5.74, 6) is 0.0419. The van der Waals surface area contributed by atoms with Gasteiger partial charge < -0.3 is 9.80 Å². The summed E-state index contributed by atoms with van der Waals surface area (Å²) in [6, 6.07) is 13.5. The molecule has 4 heterocycles. The van der Waals surface area contributed by atoms with Gasteiger partial charge in [0.15, 0.2) is 0 Å². The van der Waals surface area contributed by atoms with Gasteiger partial charge in [-0.3, -0.25) is 24.5 Å². The van der Waals surface area contributed by atoms with E-state index >= 15 is 0 Å². The smallest absolute Gasteiger partial charge is 0.247 e. The van der Waals surface area contributed by atoms with E-state index in [1.807, 2.05) is 42.6 Å². The fourth-order valence-corrected chi connectivity index (χ4v) is 4.42. The molecule has 2 aliphatic rings. The fourth-order valence-electron chi connectivity index (χ4n) is 4.42. The molecule has 0 bridgehead atoms. The molecule has 0 aliphatic carbocycles. The molecule has 1 aromatic carbocycles. The first-order valence-corrected chi connectivity index (χ1v) is 10.2. The molecular weight excluding hydrogens is 378 g/mol. The second-order valence-corrected chi connectivity index (χ2v) is 7.88. The largest absolute Gasteiger partial charge is 0.327 e. The highest BCUT2D eigenvalue weighted by Gasteiger charge is 2.42. The van der Waals surface area contributed by atoms with Crippen LogP contribution < -0.4 is 0 Å². The number of hydrogen-bond donors (Lipinski definition) is 0. The summed E-state index contributed by atoms with van der Waals surface area (Å²) < 4.78 is 0. The van der Waals surface area contributed by atoms with Gasteiger partial charge in [-0.2, -0.15) is 0 Å². The number of para-hydroxylation sites is 1. The van der Waals surface area contributed by atoms with Gasteiger partial charge in [-0.15, -0.1) is 0 Å². The Morgan fingerprint density at radius 2 is 1.87 bits per heavy atom. The molecule has 2 amide bonds. The first-order valence-electron chi connectivity index (χ1n) is 10.2. The maximum absolute atomic E-state index is 13.2. The Kier molecular flexibility index (Phi) is 4.88. The lowest BCUT2D eigenvalue weighted by Gasteiger charge is -2.46. The topological polar surface area (TPSA) is 69.6 Å². The highest BCUT2D eigenvalue weighted by Crippen LogP contribution is 2.23. The third kappa shape index (κ3) is 3.52. The van der Waals surface area contributed by atoms with Crippen LogP contribution in [0.3, 0.4) is 0 Å². The summed E-state index contributed by atoms with van der Waals surface area (Å²) in [4.78, 5) is 40.1. The number of carbonyl (C=O) groups is 2. The summed E-state index contributed by atoms with van der Waals surface area (Å²) in [7, 11) is 0. The first-order chi connectivity index (χ1) is 14.7. The molecule has 0 radical (unpaired) electrons. The molecule has 2 fully saturated rings. The van der Waals surface area contributed by atoms with Crippen molar-refractivity contribution in [3.8, 4) is 0 Å². The van der Waals surface area contributed by atoms with Crippen molar-refractivity contribution in [1.82, 2.24) is 24.7 Å². The van der Waals surface area contributed by atoms with E-state index < -0.39 is 6.04 Å². The molecule has 2 saturated heterocycles. The predicted molar refractivity (Wildman–Crippen MR) is 112 cm³/mol. The number of carbonyl (C=O) groups excluding carboxylic acids is 2. The Balaban J connectivity index is 1.33. The highest BCUT2D eigenvalue weighted by molar-refractivity contribution is 5.95. The van der Waals surface area contributed by atoms with Gasteiger partial charge in [0.1, 0.15) is 12.6 Å². The molecule has 3 aromatic rings. The van der Waals surface area contributed by atoms with E-state index in [9.17, 15) is 9.59 Å². The number of piperazine rings is 2. The zero-order chi connectivity index (χ0) is 20.5. The Bertz CT molecular complexity index is 1080. The molecule has 0 spiro atoms. The number of amides is 2.